The lowest BCUT2D eigenvalue weighted by Gasteiger charge is -2.34. The summed E-state index contributed by atoms with van der Waals surface area (Å²) in [6.07, 6.45) is 3.95. The fraction of sp³-hybridized carbons (Fsp3) is 0.571. The Labute approximate surface area is 123 Å². The maximum absolute atomic E-state index is 12.1. The van der Waals surface area contributed by atoms with Gasteiger partial charge in [-0.2, -0.15) is 0 Å². The summed E-state index contributed by atoms with van der Waals surface area (Å²) in [5, 5.41) is 11.3. The number of anilines is 1. The number of rotatable bonds is 4. The van der Waals surface area contributed by atoms with Crippen LogP contribution in [0.3, 0.4) is 0 Å². The Morgan fingerprint density at radius 3 is 3.00 bits per heavy atom. The maximum atomic E-state index is 12.1. The first-order valence-corrected chi connectivity index (χ1v) is 7.09. The van der Waals surface area contributed by atoms with Crippen LogP contribution in [0.25, 0.3) is 0 Å². The Kier molecular flexibility index (Phi) is 4.72. The van der Waals surface area contributed by atoms with Gasteiger partial charge >= 0.3 is 11.7 Å². The van der Waals surface area contributed by atoms with Gasteiger partial charge in [-0.1, -0.05) is 0 Å². The van der Waals surface area contributed by atoms with Crippen LogP contribution in [0, 0.1) is 17.0 Å². The van der Waals surface area contributed by atoms with E-state index in [1.165, 1.54) is 6.20 Å². The van der Waals surface area contributed by atoms with E-state index in [4.69, 9.17) is 4.74 Å². The Hall–Kier alpha value is -2.18. The Morgan fingerprint density at radius 2 is 2.33 bits per heavy atom. The third kappa shape index (κ3) is 3.12. The highest BCUT2D eigenvalue weighted by Crippen LogP contribution is 2.33. The predicted octanol–water partition coefficient (Wildman–Crippen LogP) is 2.22. The predicted molar refractivity (Wildman–Crippen MR) is 77.2 cm³/mol. The van der Waals surface area contributed by atoms with E-state index in [1.807, 2.05) is 0 Å². The summed E-state index contributed by atoms with van der Waals surface area (Å²) in [4.78, 5) is 28.8. The number of hydrogen-bond donors (Lipinski definition) is 0. The zero-order chi connectivity index (χ0) is 15.4. The molecule has 2 rings (SSSR count). The molecule has 0 radical (unpaired) electrons. The largest absolute Gasteiger partial charge is 0.464 e. The molecule has 0 N–H and O–H groups in total. The van der Waals surface area contributed by atoms with E-state index in [1.54, 1.807) is 24.8 Å². The van der Waals surface area contributed by atoms with Crippen molar-refractivity contribution in [3.63, 3.8) is 0 Å². The van der Waals surface area contributed by atoms with Crippen molar-refractivity contribution in [1.82, 2.24) is 4.98 Å². The molecule has 114 valence electrons. The van der Waals surface area contributed by atoms with Crippen molar-refractivity contribution >= 4 is 17.5 Å². The molecule has 0 amide bonds. The topological polar surface area (TPSA) is 85.6 Å². The summed E-state index contributed by atoms with van der Waals surface area (Å²) < 4.78 is 5.09. The normalized spacial score (nSPS) is 18.4. The minimum absolute atomic E-state index is 0.0336. The summed E-state index contributed by atoms with van der Waals surface area (Å²) >= 11 is 0. The van der Waals surface area contributed by atoms with Crippen molar-refractivity contribution in [2.45, 2.75) is 39.2 Å². The van der Waals surface area contributed by atoms with Crippen molar-refractivity contribution in [1.29, 1.82) is 0 Å². The number of carbonyl (C=O) groups excluding carboxylic acids is 1. The first kappa shape index (κ1) is 15.2. The molecule has 0 aliphatic carbocycles. The number of nitro groups is 1. The monoisotopic (exact) mass is 293 g/mol. The first-order valence-electron chi connectivity index (χ1n) is 7.09. The van der Waals surface area contributed by atoms with Gasteiger partial charge in [0, 0.05) is 18.3 Å². The first-order chi connectivity index (χ1) is 10.1. The quantitative estimate of drug-likeness (QED) is 0.480. The van der Waals surface area contributed by atoms with Gasteiger partial charge < -0.3 is 9.64 Å². The smallest absolute Gasteiger partial charge is 0.328 e. The van der Waals surface area contributed by atoms with Gasteiger partial charge in [0.25, 0.3) is 0 Å². The van der Waals surface area contributed by atoms with Crippen molar-refractivity contribution in [3.05, 3.63) is 27.9 Å². The van der Waals surface area contributed by atoms with Crippen molar-refractivity contribution < 1.29 is 14.5 Å². The Bertz CT molecular complexity index is 547. The molecular formula is C14H19N3O4. The standard InChI is InChI=1S/C14H19N3O4/c1-3-21-14(18)11-6-4-5-9-16(11)13-12(17(19)20)10(2)7-8-15-13/h7-8,11H,3-6,9H2,1-2H3. The molecule has 2 heterocycles. The van der Waals surface area contributed by atoms with Crippen LogP contribution >= 0.6 is 0 Å². The zero-order valence-corrected chi connectivity index (χ0v) is 12.2. The molecule has 7 heteroatoms. The molecule has 7 nitrogen and oxygen atoms in total. The second-order valence-corrected chi connectivity index (χ2v) is 5.01. The summed E-state index contributed by atoms with van der Waals surface area (Å²) in [5.74, 6) is -0.0763. The second kappa shape index (κ2) is 6.51. The van der Waals surface area contributed by atoms with Crippen LogP contribution in [0.1, 0.15) is 31.7 Å². The number of carbonyl (C=O) groups is 1. The van der Waals surface area contributed by atoms with Gasteiger partial charge in [0.1, 0.15) is 6.04 Å². The van der Waals surface area contributed by atoms with Gasteiger partial charge in [-0.15, -0.1) is 0 Å². The molecule has 0 spiro atoms. The lowest BCUT2D eigenvalue weighted by Crippen LogP contribution is -2.46. The van der Waals surface area contributed by atoms with Crippen LogP contribution in [0.15, 0.2) is 12.3 Å². The number of ether oxygens (including phenoxy) is 1. The third-order valence-corrected chi connectivity index (χ3v) is 3.62. The fourth-order valence-corrected chi connectivity index (χ4v) is 2.64. The van der Waals surface area contributed by atoms with Crippen LogP contribution < -0.4 is 4.90 Å². The maximum Gasteiger partial charge on any atom is 0.328 e. The number of aromatic nitrogens is 1. The number of esters is 1. The van der Waals surface area contributed by atoms with Crippen molar-refractivity contribution in [2.75, 3.05) is 18.1 Å². The average Bonchev–Trinajstić information content (AvgIpc) is 2.47. The number of hydrogen-bond acceptors (Lipinski definition) is 6. The van der Waals surface area contributed by atoms with Crippen molar-refractivity contribution in [3.8, 4) is 0 Å². The third-order valence-electron chi connectivity index (χ3n) is 3.62. The van der Waals surface area contributed by atoms with Gasteiger partial charge in [-0.3, -0.25) is 10.1 Å². The van der Waals surface area contributed by atoms with Crippen LogP contribution in [0.4, 0.5) is 11.5 Å². The zero-order valence-electron chi connectivity index (χ0n) is 12.2. The van der Waals surface area contributed by atoms with E-state index < -0.39 is 11.0 Å². The minimum atomic E-state index is -0.494. The van der Waals surface area contributed by atoms with Crippen LogP contribution in [-0.2, 0) is 9.53 Å². The van der Waals surface area contributed by atoms with Crippen molar-refractivity contribution in [2.24, 2.45) is 0 Å². The van der Waals surface area contributed by atoms with Crippen LogP contribution in [0.5, 0.6) is 0 Å². The van der Waals surface area contributed by atoms with Gasteiger partial charge in [0.05, 0.1) is 11.5 Å². The molecule has 0 aromatic carbocycles. The molecule has 1 aliphatic rings. The number of piperidine rings is 1. The highest BCUT2D eigenvalue weighted by Gasteiger charge is 2.35. The molecule has 0 saturated carbocycles. The molecule has 21 heavy (non-hydrogen) atoms. The van der Waals surface area contributed by atoms with E-state index in [0.717, 1.165) is 12.8 Å². The van der Waals surface area contributed by atoms with E-state index in [-0.39, 0.29) is 17.5 Å². The van der Waals surface area contributed by atoms with E-state index in [2.05, 4.69) is 4.98 Å². The average molecular weight is 293 g/mol. The van der Waals surface area contributed by atoms with Gasteiger partial charge in [0.2, 0.25) is 5.82 Å². The molecule has 1 atom stereocenters. The Morgan fingerprint density at radius 1 is 1.57 bits per heavy atom. The SMILES string of the molecule is CCOC(=O)C1CCCCN1c1nccc(C)c1[N+](=O)[O-]. The van der Waals surface area contributed by atoms with E-state index >= 15 is 0 Å². The van der Waals surface area contributed by atoms with Gasteiger partial charge in [-0.05, 0) is 39.2 Å². The number of pyridine rings is 1. The highest BCUT2D eigenvalue weighted by molar-refractivity contribution is 5.81. The minimum Gasteiger partial charge on any atom is -0.464 e. The molecule has 1 saturated heterocycles. The van der Waals surface area contributed by atoms with Crippen LogP contribution in [0.2, 0.25) is 0 Å². The van der Waals surface area contributed by atoms with Gasteiger partial charge in [0.15, 0.2) is 0 Å². The Balaban J connectivity index is 2.40. The molecule has 1 unspecified atom stereocenters. The molecule has 1 aromatic rings. The number of aryl methyl sites for hydroxylation is 1. The summed E-state index contributed by atoms with van der Waals surface area (Å²) in [7, 11) is 0. The van der Waals surface area contributed by atoms with Gasteiger partial charge in [-0.25, -0.2) is 9.78 Å². The lowest BCUT2D eigenvalue weighted by atomic mass is 10.0. The second-order valence-electron chi connectivity index (χ2n) is 5.01. The number of nitrogens with zero attached hydrogens (tertiary/aromatic N) is 3. The lowest BCUT2D eigenvalue weighted by molar-refractivity contribution is -0.384. The molecular weight excluding hydrogens is 274 g/mol. The summed E-state index contributed by atoms with van der Waals surface area (Å²) in [5.41, 5.74) is 0.506. The molecule has 1 fully saturated rings. The van der Waals surface area contributed by atoms with E-state index in [9.17, 15) is 14.9 Å². The molecule has 0 bridgehead atoms. The summed E-state index contributed by atoms with van der Waals surface area (Å²) in [6.45, 7) is 4.29. The van der Waals surface area contributed by atoms with Crippen LogP contribution in [-0.4, -0.2) is 35.1 Å². The summed E-state index contributed by atoms with van der Waals surface area (Å²) in [6, 6.07) is 1.11. The fourth-order valence-electron chi connectivity index (χ4n) is 2.64. The van der Waals surface area contributed by atoms with E-state index in [0.29, 0.717) is 25.1 Å². The highest BCUT2D eigenvalue weighted by atomic mass is 16.6. The molecule has 1 aliphatic heterocycles. The molecule has 1 aromatic heterocycles.